The summed E-state index contributed by atoms with van der Waals surface area (Å²) in [6.45, 7) is 0.338. The third-order valence-corrected chi connectivity index (χ3v) is 3.83. The van der Waals surface area contributed by atoms with E-state index in [1.165, 1.54) is 6.26 Å². The Balaban J connectivity index is 1.85. The van der Waals surface area contributed by atoms with Crippen molar-refractivity contribution >= 4 is 15.5 Å². The Morgan fingerprint density at radius 2 is 2.15 bits per heavy atom. The van der Waals surface area contributed by atoms with Gasteiger partial charge in [0.05, 0.1) is 24.2 Å². The molecule has 3 aromatic rings. The van der Waals surface area contributed by atoms with Crippen molar-refractivity contribution in [3.8, 4) is 11.3 Å². The first kappa shape index (κ1) is 12.8. The summed E-state index contributed by atoms with van der Waals surface area (Å²) in [4.78, 5) is 8.52. The molecule has 0 amide bonds. The normalized spacial score (nSPS) is 12.1. The van der Waals surface area contributed by atoms with Crippen LogP contribution in [0.5, 0.6) is 0 Å². The maximum atomic E-state index is 11.1. The number of hydrogen-bond donors (Lipinski definition) is 0. The molecule has 3 aromatic heterocycles. The minimum Gasteiger partial charge on any atom is -0.290 e. The fourth-order valence-electron chi connectivity index (χ4n) is 1.85. The van der Waals surface area contributed by atoms with Gasteiger partial charge in [0, 0.05) is 36.5 Å². The molecule has 7 nitrogen and oxygen atoms in total. The average molecular weight is 291 g/mol. The number of rotatable bonds is 4. The molecule has 0 atom stereocenters. The van der Waals surface area contributed by atoms with Crippen molar-refractivity contribution < 1.29 is 8.42 Å². The van der Waals surface area contributed by atoms with Crippen molar-refractivity contribution in [1.82, 2.24) is 24.1 Å². The second-order valence-electron chi connectivity index (χ2n) is 4.59. The molecular formula is C12H13N5O2S. The zero-order valence-electron chi connectivity index (χ0n) is 10.8. The monoisotopic (exact) mass is 291 g/mol. The maximum Gasteiger partial charge on any atom is 0.149 e. The van der Waals surface area contributed by atoms with Gasteiger partial charge in [0.15, 0.2) is 0 Å². The summed E-state index contributed by atoms with van der Waals surface area (Å²) in [7, 11) is -2.99. The predicted molar refractivity (Wildman–Crippen MR) is 73.9 cm³/mol. The molecule has 0 spiro atoms. The quantitative estimate of drug-likeness (QED) is 0.704. The van der Waals surface area contributed by atoms with Crippen LogP contribution in [0.4, 0.5) is 0 Å². The smallest absolute Gasteiger partial charge is 0.149 e. The topological polar surface area (TPSA) is 82.2 Å². The van der Waals surface area contributed by atoms with Crippen molar-refractivity contribution in [1.29, 1.82) is 0 Å². The van der Waals surface area contributed by atoms with E-state index in [-0.39, 0.29) is 5.75 Å². The molecule has 0 aliphatic carbocycles. The number of sulfone groups is 1. The molecule has 0 aliphatic heterocycles. The highest BCUT2D eigenvalue weighted by atomic mass is 32.2. The Morgan fingerprint density at radius 1 is 1.30 bits per heavy atom. The number of nitrogens with zero attached hydrogens (tertiary/aromatic N) is 5. The van der Waals surface area contributed by atoms with Crippen LogP contribution in [0.3, 0.4) is 0 Å². The van der Waals surface area contributed by atoms with E-state index in [2.05, 4.69) is 15.1 Å². The Bertz CT molecular complexity index is 849. The van der Waals surface area contributed by atoms with Gasteiger partial charge in [-0.05, 0) is 0 Å². The summed E-state index contributed by atoms with van der Waals surface area (Å²) in [5.41, 5.74) is 2.40. The molecule has 8 heteroatoms. The molecule has 0 aliphatic rings. The highest BCUT2D eigenvalue weighted by Gasteiger charge is 2.07. The molecule has 104 valence electrons. The van der Waals surface area contributed by atoms with Crippen LogP contribution in [-0.2, 0) is 16.4 Å². The van der Waals surface area contributed by atoms with Gasteiger partial charge in [-0.1, -0.05) is 0 Å². The first-order valence-electron chi connectivity index (χ1n) is 6.00. The number of hydrogen-bond acceptors (Lipinski definition) is 5. The number of aromatic nitrogens is 5. The lowest BCUT2D eigenvalue weighted by molar-refractivity contribution is 0.586. The summed E-state index contributed by atoms with van der Waals surface area (Å²) in [6, 6.07) is 1.86. The molecule has 3 rings (SSSR count). The van der Waals surface area contributed by atoms with Gasteiger partial charge in [-0.25, -0.2) is 18.4 Å². The van der Waals surface area contributed by atoms with Gasteiger partial charge < -0.3 is 0 Å². The van der Waals surface area contributed by atoms with Crippen LogP contribution in [-0.4, -0.2) is 44.6 Å². The molecule has 0 saturated carbocycles. The fraction of sp³-hybridized carbons (Fsp3) is 0.250. The van der Waals surface area contributed by atoms with Crippen LogP contribution in [0.2, 0.25) is 0 Å². The van der Waals surface area contributed by atoms with E-state index in [0.717, 1.165) is 16.9 Å². The van der Waals surface area contributed by atoms with E-state index in [1.54, 1.807) is 29.6 Å². The Morgan fingerprint density at radius 3 is 2.95 bits per heavy atom. The van der Waals surface area contributed by atoms with Gasteiger partial charge >= 0.3 is 0 Å². The van der Waals surface area contributed by atoms with Gasteiger partial charge in [0.2, 0.25) is 0 Å². The van der Waals surface area contributed by atoms with E-state index in [4.69, 9.17) is 0 Å². The molecule has 0 radical (unpaired) electrons. The molecular weight excluding hydrogens is 278 g/mol. The lowest BCUT2D eigenvalue weighted by atomic mass is 10.2. The van der Waals surface area contributed by atoms with Crippen molar-refractivity contribution in [2.24, 2.45) is 0 Å². The van der Waals surface area contributed by atoms with Gasteiger partial charge in [-0.3, -0.25) is 9.08 Å². The van der Waals surface area contributed by atoms with Gasteiger partial charge in [0.1, 0.15) is 21.8 Å². The van der Waals surface area contributed by atoms with E-state index in [1.807, 2.05) is 16.7 Å². The summed E-state index contributed by atoms with van der Waals surface area (Å²) >= 11 is 0. The number of aryl methyl sites for hydroxylation is 1. The fourth-order valence-corrected chi connectivity index (χ4v) is 2.37. The van der Waals surface area contributed by atoms with Gasteiger partial charge in [-0.2, -0.15) is 5.10 Å². The summed E-state index contributed by atoms with van der Waals surface area (Å²) in [6.07, 6.45) is 9.88. The van der Waals surface area contributed by atoms with Crippen LogP contribution in [0, 0.1) is 0 Å². The van der Waals surface area contributed by atoms with Crippen LogP contribution < -0.4 is 0 Å². The van der Waals surface area contributed by atoms with Crippen molar-refractivity contribution in [2.75, 3.05) is 12.0 Å². The van der Waals surface area contributed by atoms with Crippen molar-refractivity contribution in [3.63, 3.8) is 0 Å². The van der Waals surface area contributed by atoms with E-state index < -0.39 is 9.84 Å². The van der Waals surface area contributed by atoms with Crippen LogP contribution in [0.15, 0.2) is 37.2 Å². The number of fused-ring (bicyclic) bond motifs is 1. The van der Waals surface area contributed by atoms with E-state index >= 15 is 0 Å². The third kappa shape index (κ3) is 2.69. The van der Waals surface area contributed by atoms with Gasteiger partial charge in [-0.15, -0.1) is 0 Å². The lowest BCUT2D eigenvalue weighted by Gasteiger charge is -1.99. The minimum atomic E-state index is -2.99. The lowest BCUT2D eigenvalue weighted by Crippen LogP contribution is -2.11. The average Bonchev–Trinajstić information content (AvgIpc) is 3.03. The highest BCUT2D eigenvalue weighted by Crippen LogP contribution is 2.16. The van der Waals surface area contributed by atoms with E-state index in [0.29, 0.717) is 6.54 Å². The zero-order valence-corrected chi connectivity index (χ0v) is 11.7. The van der Waals surface area contributed by atoms with Crippen molar-refractivity contribution in [3.05, 3.63) is 37.2 Å². The highest BCUT2D eigenvalue weighted by molar-refractivity contribution is 7.90. The molecule has 0 bridgehead atoms. The first-order valence-corrected chi connectivity index (χ1v) is 8.07. The van der Waals surface area contributed by atoms with Crippen molar-refractivity contribution in [2.45, 2.75) is 6.54 Å². The SMILES string of the molecule is CS(=O)(=O)CCn1cc(-c2cc3nccn3cn2)cn1. The molecule has 0 saturated heterocycles. The Labute approximate surface area is 115 Å². The van der Waals surface area contributed by atoms with E-state index in [9.17, 15) is 8.42 Å². The molecule has 0 N–H and O–H groups in total. The molecule has 20 heavy (non-hydrogen) atoms. The van der Waals surface area contributed by atoms with Crippen LogP contribution >= 0.6 is 0 Å². The first-order chi connectivity index (χ1) is 9.51. The summed E-state index contributed by atoms with van der Waals surface area (Å²) in [5, 5.41) is 4.15. The number of imidazole rings is 1. The molecule has 3 heterocycles. The van der Waals surface area contributed by atoms with Crippen LogP contribution in [0.1, 0.15) is 0 Å². The second kappa shape index (κ2) is 4.71. The summed E-state index contributed by atoms with van der Waals surface area (Å²) < 4.78 is 25.7. The Kier molecular flexibility index (Phi) is 3.01. The predicted octanol–water partition coefficient (Wildman–Crippen LogP) is 0.637. The minimum absolute atomic E-state index is 0.0703. The standard InChI is InChI=1S/C12H13N5O2S/c1-20(18,19)5-4-17-8-10(7-15-17)11-6-12-13-2-3-16(12)9-14-11/h2-3,6-9H,4-5H2,1H3. The zero-order chi connectivity index (χ0) is 14.2. The largest absolute Gasteiger partial charge is 0.290 e. The third-order valence-electron chi connectivity index (χ3n) is 2.91. The molecule has 0 aromatic carbocycles. The Hall–Kier alpha value is -2.22. The molecule has 0 fully saturated rings. The molecule has 0 unspecified atom stereocenters. The van der Waals surface area contributed by atoms with Crippen LogP contribution in [0.25, 0.3) is 16.9 Å². The van der Waals surface area contributed by atoms with Gasteiger partial charge in [0.25, 0.3) is 0 Å². The maximum absolute atomic E-state index is 11.1. The summed E-state index contributed by atoms with van der Waals surface area (Å²) in [5.74, 6) is 0.0703. The second-order valence-corrected chi connectivity index (χ2v) is 6.85.